The highest BCUT2D eigenvalue weighted by Crippen LogP contribution is 2.40. The molecule has 3 aliphatic rings. The Hall–Kier alpha value is -3.77. The Morgan fingerprint density at radius 2 is 1.74 bits per heavy atom. The number of piperazine rings is 1. The molecule has 0 spiro atoms. The lowest BCUT2D eigenvalue weighted by Gasteiger charge is -2.37. The van der Waals surface area contributed by atoms with Crippen LogP contribution in [0, 0.1) is 17.2 Å². The van der Waals surface area contributed by atoms with Gasteiger partial charge in [-0.2, -0.15) is 0 Å². The zero-order chi connectivity index (χ0) is 33.9. The highest BCUT2D eigenvalue weighted by Gasteiger charge is 2.38. The van der Waals surface area contributed by atoms with Gasteiger partial charge in [-0.05, 0) is 61.8 Å². The number of halogens is 1. The summed E-state index contributed by atoms with van der Waals surface area (Å²) in [6.45, 7) is 11.0. The van der Waals surface area contributed by atoms with Gasteiger partial charge >= 0.3 is 0 Å². The van der Waals surface area contributed by atoms with E-state index in [1.807, 2.05) is 7.05 Å². The van der Waals surface area contributed by atoms with Crippen molar-refractivity contribution in [3.8, 4) is 0 Å². The number of benzene rings is 1. The molecule has 11 nitrogen and oxygen atoms in total. The summed E-state index contributed by atoms with van der Waals surface area (Å²) in [6, 6.07) is 2.68. The molecular formula is C35H48FN5O6. The van der Waals surface area contributed by atoms with E-state index in [1.54, 1.807) is 24.8 Å². The van der Waals surface area contributed by atoms with Crippen LogP contribution < -0.4 is 16.0 Å². The van der Waals surface area contributed by atoms with Crippen LogP contribution in [0.1, 0.15) is 93.0 Å². The molecule has 1 aromatic heterocycles. The maximum absolute atomic E-state index is 15.7. The molecular weight excluding hydrogens is 605 g/mol. The van der Waals surface area contributed by atoms with Crippen molar-refractivity contribution in [1.82, 2.24) is 20.4 Å². The summed E-state index contributed by atoms with van der Waals surface area (Å²) >= 11 is 0. The molecule has 3 atom stereocenters. The van der Waals surface area contributed by atoms with Crippen LogP contribution in [0.2, 0.25) is 0 Å². The average Bonchev–Trinajstić information content (AvgIpc) is 3.68. The van der Waals surface area contributed by atoms with E-state index in [-0.39, 0.29) is 41.9 Å². The van der Waals surface area contributed by atoms with Gasteiger partial charge in [0.05, 0.1) is 17.9 Å². The molecule has 3 heterocycles. The number of likely N-dealkylation sites (N-methyl/N-ethyl adjacent to an activating group) is 1. The smallest absolute Gasteiger partial charge is 0.255 e. The van der Waals surface area contributed by atoms with Crippen molar-refractivity contribution >= 4 is 29.3 Å². The standard InChI is InChI=1S/C35H48FN5O6/c1-6-29(42)38-30(34(45)41-15-13-40(5)14-16-41)21(2)23-7-8-27(26(36)17-23)37-33(44)31(22-9-11-35(3,4)12-10-22)39-32(43)25-19-47-28-20-46-18-24(25)28/h7-8,17,19,21-22,30-31H,6,9-16,18,20H2,1-5H3,(H,37,44)(H,38,42)(H,39,43)/t21-,30+,31-/m0/s1. The highest BCUT2D eigenvalue weighted by atomic mass is 19.1. The number of furan rings is 1. The Morgan fingerprint density at radius 1 is 1.04 bits per heavy atom. The maximum atomic E-state index is 15.7. The third kappa shape index (κ3) is 8.03. The summed E-state index contributed by atoms with van der Waals surface area (Å²) in [6.07, 6.45) is 4.88. The molecule has 0 bridgehead atoms. The highest BCUT2D eigenvalue weighted by molar-refractivity contribution is 6.02. The minimum atomic E-state index is -0.890. The summed E-state index contributed by atoms with van der Waals surface area (Å²) in [5.41, 5.74) is 1.65. The first kappa shape index (κ1) is 34.6. The molecule has 47 heavy (non-hydrogen) atoms. The molecule has 1 saturated heterocycles. The van der Waals surface area contributed by atoms with Crippen LogP contribution in [0.5, 0.6) is 0 Å². The Morgan fingerprint density at radius 3 is 2.40 bits per heavy atom. The van der Waals surface area contributed by atoms with Gasteiger partial charge in [-0.3, -0.25) is 19.2 Å². The van der Waals surface area contributed by atoms with Crippen molar-refractivity contribution in [2.24, 2.45) is 11.3 Å². The zero-order valence-corrected chi connectivity index (χ0v) is 28.1. The lowest BCUT2D eigenvalue weighted by atomic mass is 9.71. The summed E-state index contributed by atoms with van der Waals surface area (Å²) in [5.74, 6) is -2.12. The van der Waals surface area contributed by atoms with Crippen LogP contribution in [0.3, 0.4) is 0 Å². The number of fused-ring (bicyclic) bond motifs is 1. The molecule has 4 amide bonds. The number of rotatable bonds is 10. The second-order valence-corrected chi connectivity index (χ2v) is 14.0. The fourth-order valence-corrected chi connectivity index (χ4v) is 6.73. The van der Waals surface area contributed by atoms with E-state index >= 15 is 4.39 Å². The van der Waals surface area contributed by atoms with Gasteiger partial charge in [0, 0.05) is 44.1 Å². The number of nitrogens with one attached hydrogen (secondary N) is 3. The number of carbonyl (C=O) groups is 4. The maximum Gasteiger partial charge on any atom is 0.255 e. The SMILES string of the molecule is CCC(=O)N[C@@H](C(=O)N1CCN(C)CC1)[C@@H](C)c1ccc(NC(=O)[C@@H](NC(=O)c2coc3c2COC3)C2CCC(C)(C)CC2)c(F)c1. The zero-order valence-electron chi connectivity index (χ0n) is 28.1. The van der Waals surface area contributed by atoms with Crippen LogP contribution in [0.25, 0.3) is 0 Å². The number of ether oxygens (including phenoxy) is 1. The van der Waals surface area contributed by atoms with E-state index in [0.717, 1.165) is 38.8 Å². The van der Waals surface area contributed by atoms with E-state index in [1.165, 1.54) is 18.4 Å². The first-order chi connectivity index (χ1) is 22.4. The Labute approximate surface area is 275 Å². The third-order valence-corrected chi connectivity index (χ3v) is 10.1. The second kappa shape index (κ2) is 14.6. The topological polar surface area (TPSA) is 133 Å². The quantitative estimate of drug-likeness (QED) is 0.351. The molecule has 5 rings (SSSR count). The van der Waals surface area contributed by atoms with Crippen molar-refractivity contribution < 1.29 is 32.7 Å². The van der Waals surface area contributed by atoms with E-state index in [2.05, 4.69) is 34.7 Å². The van der Waals surface area contributed by atoms with Gasteiger partial charge in [0.2, 0.25) is 17.7 Å². The van der Waals surface area contributed by atoms with Crippen LogP contribution in [-0.2, 0) is 32.3 Å². The molecule has 0 unspecified atom stereocenters. The first-order valence-electron chi connectivity index (χ1n) is 16.7. The molecule has 1 aliphatic carbocycles. The molecule has 2 aromatic rings. The second-order valence-electron chi connectivity index (χ2n) is 14.0. The van der Waals surface area contributed by atoms with Crippen LogP contribution in [0.4, 0.5) is 10.1 Å². The van der Waals surface area contributed by atoms with E-state index in [4.69, 9.17) is 9.15 Å². The van der Waals surface area contributed by atoms with Gasteiger partial charge in [-0.1, -0.05) is 33.8 Å². The minimum Gasteiger partial charge on any atom is -0.466 e. The lowest BCUT2D eigenvalue weighted by molar-refractivity contribution is -0.138. The molecule has 2 fully saturated rings. The normalized spacial score (nSPS) is 20.2. The van der Waals surface area contributed by atoms with Crippen molar-refractivity contribution in [3.05, 3.63) is 52.7 Å². The van der Waals surface area contributed by atoms with Gasteiger partial charge in [0.1, 0.15) is 36.5 Å². The van der Waals surface area contributed by atoms with Gasteiger partial charge in [0.25, 0.3) is 5.91 Å². The predicted molar refractivity (Wildman–Crippen MR) is 174 cm³/mol. The lowest BCUT2D eigenvalue weighted by Crippen LogP contribution is -2.55. The largest absolute Gasteiger partial charge is 0.466 e. The van der Waals surface area contributed by atoms with Crippen LogP contribution >= 0.6 is 0 Å². The Balaban J connectivity index is 1.32. The molecule has 1 saturated carbocycles. The van der Waals surface area contributed by atoms with Gasteiger partial charge in [0.15, 0.2) is 0 Å². The van der Waals surface area contributed by atoms with E-state index in [9.17, 15) is 19.2 Å². The van der Waals surface area contributed by atoms with Crippen LogP contribution in [0.15, 0.2) is 28.9 Å². The number of nitrogens with zero attached hydrogens (tertiary/aromatic N) is 2. The van der Waals surface area contributed by atoms with Gasteiger partial charge < -0.3 is 34.9 Å². The Bertz CT molecular complexity index is 1470. The third-order valence-electron chi connectivity index (χ3n) is 10.1. The fraction of sp³-hybridized carbons (Fsp3) is 0.600. The molecule has 1 aromatic carbocycles. The molecule has 3 N–H and O–H groups in total. The van der Waals surface area contributed by atoms with Crippen molar-refractivity contribution in [1.29, 1.82) is 0 Å². The number of hydrogen-bond donors (Lipinski definition) is 3. The monoisotopic (exact) mass is 653 g/mol. The summed E-state index contributed by atoms with van der Waals surface area (Å²) in [5, 5.41) is 8.50. The predicted octanol–water partition coefficient (Wildman–Crippen LogP) is 4.17. The average molecular weight is 654 g/mol. The van der Waals surface area contributed by atoms with E-state index < -0.39 is 35.6 Å². The number of hydrogen-bond acceptors (Lipinski definition) is 7. The molecule has 2 aliphatic heterocycles. The Kier molecular flexibility index (Phi) is 10.7. The number of carbonyl (C=O) groups excluding carboxylic acids is 4. The molecule has 12 heteroatoms. The van der Waals surface area contributed by atoms with Gasteiger partial charge in [-0.25, -0.2) is 4.39 Å². The molecule has 0 radical (unpaired) electrons. The first-order valence-corrected chi connectivity index (χ1v) is 16.7. The molecule has 256 valence electrons. The summed E-state index contributed by atoms with van der Waals surface area (Å²) in [4.78, 5) is 57.1. The fourth-order valence-electron chi connectivity index (χ4n) is 6.73. The van der Waals surface area contributed by atoms with Crippen molar-refractivity contribution in [2.75, 3.05) is 38.5 Å². The number of anilines is 1. The van der Waals surface area contributed by atoms with E-state index in [0.29, 0.717) is 42.1 Å². The minimum absolute atomic E-state index is 0.0292. The number of amides is 4. The van der Waals surface area contributed by atoms with Crippen molar-refractivity contribution in [2.45, 2.75) is 91.0 Å². The summed E-state index contributed by atoms with van der Waals surface area (Å²) in [7, 11) is 2.00. The summed E-state index contributed by atoms with van der Waals surface area (Å²) < 4.78 is 26.6. The van der Waals surface area contributed by atoms with Crippen molar-refractivity contribution in [3.63, 3.8) is 0 Å². The van der Waals surface area contributed by atoms with Crippen LogP contribution in [-0.4, -0.2) is 78.7 Å². The van der Waals surface area contributed by atoms with Gasteiger partial charge in [-0.15, -0.1) is 0 Å².